The molecule has 2 aromatic rings. The summed E-state index contributed by atoms with van der Waals surface area (Å²) in [5.74, 6) is 2.27. The topological polar surface area (TPSA) is 0 Å². The smallest absolute Gasteiger partial charge is 0.0406 e. The van der Waals surface area contributed by atoms with Gasteiger partial charge >= 0.3 is 0 Å². The predicted molar refractivity (Wildman–Crippen MR) is 134 cm³/mol. The molecule has 3 saturated carbocycles. The molecule has 0 amide bonds. The zero-order valence-corrected chi connectivity index (χ0v) is 19.9. The second-order valence-corrected chi connectivity index (χ2v) is 11.0. The summed E-state index contributed by atoms with van der Waals surface area (Å²) in [4.78, 5) is 0. The van der Waals surface area contributed by atoms with E-state index in [4.69, 9.17) is 11.6 Å². The van der Waals surface area contributed by atoms with E-state index in [9.17, 15) is 0 Å². The molecule has 0 heterocycles. The van der Waals surface area contributed by atoms with Crippen molar-refractivity contribution in [2.75, 3.05) is 0 Å². The summed E-state index contributed by atoms with van der Waals surface area (Å²) in [6.07, 6.45) is 21.0. The summed E-state index contributed by atoms with van der Waals surface area (Å²) >= 11 is 6.30. The van der Waals surface area contributed by atoms with Gasteiger partial charge in [-0.1, -0.05) is 93.7 Å². The third-order valence-electron chi connectivity index (χ3n) is 8.52. The summed E-state index contributed by atoms with van der Waals surface area (Å²) in [5, 5.41) is 0.848. The quantitative estimate of drug-likeness (QED) is 0.448. The maximum Gasteiger partial charge on any atom is 0.0406 e. The van der Waals surface area contributed by atoms with Gasteiger partial charge in [-0.15, -0.1) is 0 Å². The van der Waals surface area contributed by atoms with Crippen LogP contribution in [0.1, 0.15) is 131 Å². The monoisotopic (exact) mass is 434 g/mol. The van der Waals surface area contributed by atoms with Crippen LogP contribution in [0.25, 0.3) is 11.1 Å². The Bertz CT molecular complexity index is 807. The van der Waals surface area contributed by atoms with Crippen LogP contribution in [-0.4, -0.2) is 0 Å². The fraction of sp³-hybridized carbons (Fsp3) is 0.600. The summed E-state index contributed by atoms with van der Waals surface area (Å²) < 4.78 is 0. The van der Waals surface area contributed by atoms with Crippen LogP contribution in [0.2, 0.25) is 5.02 Å². The van der Waals surface area contributed by atoms with Gasteiger partial charge in [0, 0.05) is 5.02 Å². The van der Waals surface area contributed by atoms with Gasteiger partial charge in [-0.05, 0) is 96.2 Å². The van der Waals surface area contributed by atoms with Crippen LogP contribution >= 0.6 is 11.6 Å². The molecule has 0 spiro atoms. The van der Waals surface area contributed by atoms with Gasteiger partial charge in [0.1, 0.15) is 0 Å². The number of halogens is 1. The Kier molecular flexibility index (Phi) is 7.04. The molecule has 166 valence electrons. The highest BCUT2D eigenvalue weighted by Crippen LogP contribution is 2.47. The first-order chi connectivity index (χ1) is 15.3. The van der Waals surface area contributed by atoms with E-state index in [2.05, 4.69) is 36.4 Å². The molecule has 3 aliphatic rings. The average Bonchev–Trinajstić information content (AvgIpc) is 2.85. The Labute approximate surface area is 194 Å². The molecular formula is C30H39Cl. The standard InChI is InChI=1S/C30H39Cl/c31-27-18-16-25(17-19-27)30-28(23-12-6-2-7-13-23)20-26(22-10-4-1-5-11-22)21-29(30)24-14-8-3-9-15-24/h16-24H,1-15H2. The van der Waals surface area contributed by atoms with Crippen molar-refractivity contribution in [3.8, 4) is 11.1 Å². The summed E-state index contributed by atoms with van der Waals surface area (Å²) in [6, 6.07) is 14.1. The molecule has 0 atom stereocenters. The third-order valence-corrected chi connectivity index (χ3v) is 8.77. The molecule has 0 nitrogen and oxygen atoms in total. The minimum absolute atomic E-state index is 0.741. The van der Waals surface area contributed by atoms with E-state index in [1.165, 1.54) is 102 Å². The van der Waals surface area contributed by atoms with Crippen LogP contribution in [0.3, 0.4) is 0 Å². The van der Waals surface area contributed by atoms with Crippen LogP contribution < -0.4 is 0 Å². The molecule has 2 aromatic carbocycles. The molecule has 0 N–H and O–H groups in total. The first-order valence-corrected chi connectivity index (χ1v) is 13.6. The molecule has 1 heteroatoms. The van der Waals surface area contributed by atoms with Gasteiger partial charge in [-0.25, -0.2) is 0 Å². The van der Waals surface area contributed by atoms with Gasteiger partial charge in [-0.2, -0.15) is 0 Å². The van der Waals surface area contributed by atoms with E-state index >= 15 is 0 Å². The summed E-state index contributed by atoms with van der Waals surface area (Å²) in [6.45, 7) is 0. The lowest BCUT2D eigenvalue weighted by molar-refractivity contribution is 0.428. The minimum Gasteiger partial charge on any atom is -0.0843 e. The maximum absolute atomic E-state index is 6.30. The molecular weight excluding hydrogens is 396 g/mol. The fourth-order valence-corrected chi connectivity index (χ4v) is 6.93. The van der Waals surface area contributed by atoms with Gasteiger partial charge < -0.3 is 0 Å². The molecule has 3 aliphatic carbocycles. The Balaban J connectivity index is 1.66. The number of benzene rings is 2. The van der Waals surface area contributed by atoms with Crippen molar-refractivity contribution in [2.24, 2.45) is 0 Å². The lowest BCUT2D eigenvalue weighted by atomic mass is 9.72. The molecule has 0 unspecified atom stereocenters. The highest BCUT2D eigenvalue weighted by molar-refractivity contribution is 6.30. The van der Waals surface area contributed by atoms with Crippen molar-refractivity contribution in [3.05, 3.63) is 58.1 Å². The largest absolute Gasteiger partial charge is 0.0843 e. The normalized spacial score (nSPS) is 22.0. The summed E-state index contributed by atoms with van der Waals surface area (Å²) in [7, 11) is 0. The van der Waals surface area contributed by atoms with Gasteiger partial charge in [0.25, 0.3) is 0 Å². The second kappa shape index (κ2) is 10.1. The van der Waals surface area contributed by atoms with Crippen molar-refractivity contribution < 1.29 is 0 Å². The molecule has 3 fully saturated rings. The van der Waals surface area contributed by atoms with Crippen LogP contribution in [0, 0.1) is 0 Å². The van der Waals surface area contributed by atoms with Gasteiger partial charge in [0.2, 0.25) is 0 Å². The van der Waals surface area contributed by atoms with Crippen molar-refractivity contribution in [3.63, 3.8) is 0 Å². The zero-order chi connectivity index (χ0) is 21.0. The number of rotatable bonds is 4. The fourth-order valence-electron chi connectivity index (χ4n) is 6.80. The zero-order valence-electron chi connectivity index (χ0n) is 19.2. The Morgan fingerprint density at radius 2 is 0.935 bits per heavy atom. The van der Waals surface area contributed by atoms with E-state index in [1.807, 2.05) is 0 Å². The minimum atomic E-state index is 0.741. The molecule has 0 aromatic heterocycles. The Hall–Kier alpha value is -1.27. The number of hydrogen-bond acceptors (Lipinski definition) is 0. The van der Waals surface area contributed by atoms with E-state index in [0.29, 0.717) is 0 Å². The van der Waals surface area contributed by atoms with Gasteiger partial charge in [-0.3, -0.25) is 0 Å². The van der Waals surface area contributed by atoms with Crippen LogP contribution in [0.4, 0.5) is 0 Å². The SMILES string of the molecule is Clc1ccc(-c2c(C3CCCCC3)cc(C3CCCCC3)cc2C2CCCCC2)cc1. The van der Waals surface area contributed by atoms with E-state index in [-0.39, 0.29) is 0 Å². The highest BCUT2D eigenvalue weighted by Gasteiger charge is 2.28. The van der Waals surface area contributed by atoms with E-state index < -0.39 is 0 Å². The molecule has 0 aliphatic heterocycles. The van der Waals surface area contributed by atoms with E-state index in [0.717, 1.165) is 22.8 Å². The van der Waals surface area contributed by atoms with Crippen molar-refractivity contribution in [1.29, 1.82) is 0 Å². The lowest BCUT2D eigenvalue weighted by Crippen LogP contribution is -2.14. The highest BCUT2D eigenvalue weighted by atomic mass is 35.5. The maximum atomic E-state index is 6.30. The first-order valence-electron chi connectivity index (χ1n) is 13.2. The van der Waals surface area contributed by atoms with Crippen molar-refractivity contribution in [1.82, 2.24) is 0 Å². The molecule has 31 heavy (non-hydrogen) atoms. The van der Waals surface area contributed by atoms with Gasteiger partial charge in [0.05, 0.1) is 0 Å². The second-order valence-electron chi connectivity index (χ2n) is 10.6. The predicted octanol–water partition coefficient (Wildman–Crippen LogP) is 10.2. The van der Waals surface area contributed by atoms with Crippen LogP contribution in [0.5, 0.6) is 0 Å². The average molecular weight is 435 g/mol. The molecule has 0 radical (unpaired) electrons. The molecule has 0 bridgehead atoms. The summed E-state index contributed by atoms with van der Waals surface area (Å²) in [5.41, 5.74) is 8.05. The van der Waals surface area contributed by atoms with Gasteiger partial charge in [0.15, 0.2) is 0 Å². The molecule has 5 rings (SSSR count). The Morgan fingerprint density at radius 1 is 0.516 bits per heavy atom. The van der Waals surface area contributed by atoms with Crippen LogP contribution in [-0.2, 0) is 0 Å². The van der Waals surface area contributed by atoms with Crippen LogP contribution in [0.15, 0.2) is 36.4 Å². The van der Waals surface area contributed by atoms with E-state index in [1.54, 1.807) is 22.3 Å². The lowest BCUT2D eigenvalue weighted by Gasteiger charge is -2.33. The Morgan fingerprint density at radius 3 is 1.39 bits per heavy atom. The third kappa shape index (κ3) is 4.90. The first kappa shape index (κ1) is 21.6. The van der Waals surface area contributed by atoms with Crippen molar-refractivity contribution in [2.45, 2.75) is 114 Å². The van der Waals surface area contributed by atoms with Crippen molar-refractivity contribution >= 4 is 11.6 Å². The number of hydrogen-bond donors (Lipinski definition) is 0. The molecule has 0 saturated heterocycles.